The molecule has 0 aromatic carbocycles. The molecule has 0 aromatic rings. The Hall–Kier alpha value is 0.103. The first-order chi connectivity index (χ1) is 4.70. The summed E-state index contributed by atoms with van der Waals surface area (Å²) in [5, 5.41) is 0. The molecule has 0 fully saturated rings. The zero-order chi connectivity index (χ0) is 7.56. The quantitative estimate of drug-likeness (QED) is 0.630. The molecule has 0 N–H and O–H groups in total. The zero-order valence-electron chi connectivity index (χ0n) is 6.50. The van der Waals surface area contributed by atoms with Crippen LogP contribution in [0, 0.1) is 5.92 Å². The van der Waals surface area contributed by atoms with Gasteiger partial charge in [-0.1, -0.05) is 0 Å². The second kappa shape index (κ2) is 3.48. The first-order valence-corrected chi connectivity index (χ1v) is 4.60. The molecule has 0 aliphatic heterocycles. The van der Waals surface area contributed by atoms with E-state index in [0.29, 0.717) is 0 Å². The molecule has 1 heteroatoms. The van der Waals surface area contributed by atoms with Crippen molar-refractivity contribution < 1.29 is 18.3 Å². The Morgan fingerprint density at radius 2 is 2.30 bits per heavy atom. The molecule has 0 nitrogen and oxygen atoms in total. The van der Waals surface area contributed by atoms with Gasteiger partial charge in [-0.15, -0.1) is 0 Å². The summed E-state index contributed by atoms with van der Waals surface area (Å²) in [6.45, 7) is 4.53. The van der Waals surface area contributed by atoms with Gasteiger partial charge >= 0.3 is 72.8 Å². The minimum atomic E-state index is 0.788. The van der Waals surface area contributed by atoms with Gasteiger partial charge in [-0.2, -0.15) is 0 Å². The Labute approximate surface area is 73.1 Å². The average molecular weight is 222 g/mol. The standard InChI is InChI=1S/C9H13.Ru/c1-8(2)7-9-5-3-4-6-9;/h3,5,8H,4,7H2,1-2H3;. The second-order valence-corrected chi connectivity index (χ2v) is 4.17. The first-order valence-electron chi connectivity index (χ1n) is 3.73. The van der Waals surface area contributed by atoms with Gasteiger partial charge in [0.2, 0.25) is 0 Å². The third-order valence-corrected chi connectivity index (χ3v) is 2.49. The van der Waals surface area contributed by atoms with Crippen LogP contribution in [0.2, 0.25) is 0 Å². The number of hydrogen-bond donors (Lipinski definition) is 0. The molecule has 10 heavy (non-hydrogen) atoms. The van der Waals surface area contributed by atoms with Crippen molar-refractivity contribution in [2.75, 3.05) is 0 Å². The van der Waals surface area contributed by atoms with Crippen LogP contribution in [0.1, 0.15) is 26.7 Å². The summed E-state index contributed by atoms with van der Waals surface area (Å²) in [6.07, 6.45) is 6.88. The molecule has 1 aliphatic rings. The fourth-order valence-corrected chi connectivity index (χ4v) is 1.66. The molecule has 0 amide bonds. The zero-order valence-corrected chi connectivity index (χ0v) is 8.24. The summed E-state index contributed by atoms with van der Waals surface area (Å²) in [5.41, 5.74) is 1.53. The van der Waals surface area contributed by atoms with E-state index in [1.54, 1.807) is 0 Å². The van der Waals surface area contributed by atoms with E-state index >= 15 is 0 Å². The van der Waals surface area contributed by atoms with Gasteiger partial charge in [-0.25, -0.2) is 0 Å². The summed E-state index contributed by atoms with van der Waals surface area (Å²) in [5.74, 6) is 0.788. The molecule has 0 saturated carbocycles. The van der Waals surface area contributed by atoms with E-state index in [1.165, 1.54) is 16.2 Å². The molecule has 0 spiro atoms. The monoisotopic (exact) mass is 223 g/mol. The van der Waals surface area contributed by atoms with Crippen molar-refractivity contribution in [3.63, 3.8) is 0 Å². The first kappa shape index (κ1) is 8.20. The Morgan fingerprint density at radius 3 is 2.70 bits per heavy atom. The van der Waals surface area contributed by atoms with Crippen LogP contribution in [0.25, 0.3) is 0 Å². The van der Waals surface area contributed by atoms with E-state index < -0.39 is 0 Å². The van der Waals surface area contributed by atoms with Gasteiger partial charge in [-0.05, 0) is 0 Å². The molecule has 57 valence electrons. The Kier molecular flexibility index (Phi) is 2.86. The van der Waals surface area contributed by atoms with Gasteiger partial charge in [0.15, 0.2) is 0 Å². The van der Waals surface area contributed by atoms with E-state index in [-0.39, 0.29) is 0 Å². The van der Waals surface area contributed by atoms with Crippen molar-refractivity contribution in [1.82, 2.24) is 0 Å². The molecular formula is C9H13Ru. The Balaban J connectivity index is 2.54. The summed E-state index contributed by atoms with van der Waals surface area (Å²) in [4.78, 5) is 0. The number of allylic oxidation sites excluding steroid dienone is 4. The van der Waals surface area contributed by atoms with Crippen LogP contribution in [0.15, 0.2) is 21.9 Å². The minimum absolute atomic E-state index is 0.788. The van der Waals surface area contributed by atoms with Crippen molar-refractivity contribution in [2.24, 2.45) is 5.92 Å². The molecular weight excluding hydrogens is 209 g/mol. The van der Waals surface area contributed by atoms with Gasteiger partial charge in [0.1, 0.15) is 0 Å². The van der Waals surface area contributed by atoms with Crippen LogP contribution in [-0.2, 0) is 18.3 Å². The van der Waals surface area contributed by atoms with Crippen LogP contribution in [-0.4, -0.2) is 0 Å². The van der Waals surface area contributed by atoms with Crippen LogP contribution in [0.3, 0.4) is 0 Å². The summed E-state index contributed by atoms with van der Waals surface area (Å²) in [7, 11) is 0. The van der Waals surface area contributed by atoms with Crippen molar-refractivity contribution in [2.45, 2.75) is 26.7 Å². The van der Waals surface area contributed by atoms with Crippen LogP contribution >= 0.6 is 0 Å². The van der Waals surface area contributed by atoms with Crippen molar-refractivity contribution in [3.05, 3.63) is 21.9 Å². The Bertz CT molecular complexity index is 175. The van der Waals surface area contributed by atoms with E-state index in [0.717, 1.165) is 12.3 Å². The molecule has 0 aromatic heterocycles. The van der Waals surface area contributed by atoms with Crippen molar-refractivity contribution in [3.8, 4) is 0 Å². The van der Waals surface area contributed by atoms with Crippen molar-refractivity contribution >= 4 is 0 Å². The average Bonchev–Trinajstić information content (AvgIpc) is 2.15. The van der Waals surface area contributed by atoms with Crippen molar-refractivity contribution in [1.29, 1.82) is 0 Å². The van der Waals surface area contributed by atoms with Gasteiger partial charge in [0, 0.05) is 0 Å². The van der Waals surface area contributed by atoms with E-state index in [9.17, 15) is 0 Å². The van der Waals surface area contributed by atoms with E-state index in [1.807, 2.05) is 0 Å². The molecule has 1 aliphatic carbocycles. The maximum absolute atomic E-state index is 2.73. The summed E-state index contributed by atoms with van der Waals surface area (Å²) < 4.78 is 1.49. The molecule has 0 unspecified atom stereocenters. The second-order valence-electron chi connectivity index (χ2n) is 3.12. The van der Waals surface area contributed by atoms with Gasteiger partial charge < -0.3 is 0 Å². The fourth-order valence-electron chi connectivity index (χ4n) is 1.14. The third kappa shape index (κ3) is 2.06. The number of rotatable bonds is 2. The number of hydrogen-bond acceptors (Lipinski definition) is 0. The normalized spacial score (nSPS) is 17.6. The molecule has 0 radical (unpaired) electrons. The predicted octanol–water partition coefficient (Wildman–Crippen LogP) is 2.79. The van der Waals surface area contributed by atoms with Gasteiger partial charge in [-0.3, -0.25) is 0 Å². The molecule has 0 heterocycles. The molecule has 0 atom stereocenters. The SMILES string of the molecule is CC(C)CC1=[C]([Ru])CC=C1. The van der Waals surface area contributed by atoms with Crippen LogP contribution in [0.5, 0.6) is 0 Å². The summed E-state index contributed by atoms with van der Waals surface area (Å²) in [6, 6.07) is 0. The molecule has 1 rings (SSSR count). The molecule has 0 bridgehead atoms. The van der Waals surface area contributed by atoms with Crippen LogP contribution < -0.4 is 0 Å². The predicted molar refractivity (Wildman–Crippen MR) is 40.2 cm³/mol. The van der Waals surface area contributed by atoms with Gasteiger partial charge in [0.25, 0.3) is 0 Å². The fraction of sp³-hybridized carbons (Fsp3) is 0.556. The van der Waals surface area contributed by atoms with E-state index in [4.69, 9.17) is 0 Å². The van der Waals surface area contributed by atoms with Gasteiger partial charge in [0.05, 0.1) is 0 Å². The maximum atomic E-state index is 2.73. The van der Waals surface area contributed by atoms with Crippen LogP contribution in [0.4, 0.5) is 0 Å². The third-order valence-electron chi connectivity index (χ3n) is 1.58. The molecule has 0 saturated heterocycles. The Morgan fingerprint density at radius 1 is 1.60 bits per heavy atom. The van der Waals surface area contributed by atoms with E-state index in [2.05, 4.69) is 44.3 Å². The summed E-state index contributed by atoms with van der Waals surface area (Å²) >= 11 is 2.73. The topological polar surface area (TPSA) is 0 Å².